The Morgan fingerprint density at radius 3 is 1.78 bits per heavy atom. The van der Waals surface area contributed by atoms with Crippen LogP contribution >= 0.6 is 0 Å². The molecule has 2 rings (SSSR count). The van der Waals surface area contributed by atoms with Crippen LogP contribution in [0.25, 0.3) is 0 Å². The van der Waals surface area contributed by atoms with Gasteiger partial charge >= 0.3 is 5.97 Å². The number of rotatable bonds is 7. The molecule has 0 aliphatic heterocycles. The molecule has 0 aromatic rings. The summed E-state index contributed by atoms with van der Waals surface area (Å²) in [5.74, 6) is 3.84. The van der Waals surface area contributed by atoms with Crippen molar-refractivity contribution in [1.29, 1.82) is 0 Å². The molecule has 0 saturated carbocycles. The lowest BCUT2D eigenvalue weighted by atomic mass is 9.73. The van der Waals surface area contributed by atoms with Crippen molar-refractivity contribution >= 4 is 5.97 Å². The fraction of sp³-hybridized carbons (Fsp3) is 0.792. The highest BCUT2D eigenvalue weighted by atomic mass is 16.5. The molecule has 3 nitrogen and oxygen atoms in total. The molecular formula is C24H41NO2. The average Bonchev–Trinajstić information content (AvgIpc) is 2.53. The molecule has 0 bridgehead atoms. The second kappa shape index (κ2) is 9.91. The van der Waals surface area contributed by atoms with Crippen molar-refractivity contribution in [2.24, 2.45) is 35.5 Å². The van der Waals surface area contributed by atoms with E-state index in [1.165, 1.54) is 30.9 Å². The molecule has 6 atom stereocenters. The fourth-order valence-corrected chi connectivity index (χ4v) is 5.50. The smallest absolute Gasteiger partial charge is 0.302 e. The Bertz CT molecular complexity index is 525. The number of hydrogen-bond donors (Lipinski definition) is 0. The lowest BCUT2D eigenvalue weighted by Crippen LogP contribution is -2.43. The molecule has 0 radical (unpaired) electrons. The van der Waals surface area contributed by atoms with Crippen molar-refractivity contribution in [3.63, 3.8) is 0 Å². The van der Waals surface area contributed by atoms with Gasteiger partial charge in [-0.1, -0.05) is 51.0 Å². The molecule has 27 heavy (non-hydrogen) atoms. The van der Waals surface area contributed by atoms with Gasteiger partial charge in [-0.15, -0.1) is 0 Å². The van der Waals surface area contributed by atoms with Gasteiger partial charge in [0.25, 0.3) is 0 Å². The van der Waals surface area contributed by atoms with Gasteiger partial charge in [0.2, 0.25) is 0 Å². The normalized spacial score (nSPS) is 34.2. The van der Waals surface area contributed by atoms with E-state index in [9.17, 15) is 4.79 Å². The van der Waals surface area contributed by atoms with Crippen molar-refractivity contribution in [2.75, 3.05) is 26.2 Å². The van der Waals surface area contributed by atoms with Gasteiger partial charge in [-0.25, -0.2) is 0 Å². The van der Waals surface area contributed by atoms with Crippen LogP contribution in [0, 0.1) is 35.5 Å². The number of allylic oxidation sites excluding steroid dienone is 4. The molecule has 0 fully saturated rings. The minimum Gasteiger partial charge on any atom is -0.465 e. The Morgan fingerprint density at radius 2 is 1.41 bits per heavy atom. The van der Waals surface area contributed by atoms with Crippen LogP contribution in [0.4, 0.5) is 0 Å². The summed E-state index contributed by atoms with van der Waals surface area (Å²) in [6.07, 6.45) is 7.36. The first-order valence-electron chi connectivity index (χ1n) is 10.9. The van der Waals surface area contributed by atoms with Crippen molar-refractivity contribution in [3.8, 4) is 0 Å². The van der Waals surface area contributed by atoms with Gasteiger partial charge in [0.1, 0.15) is 6.61 Å². The number of carbonyl (C=O) groups excluding carboxylic acids is 1. The first kappa shape index (κ1) is 22.2. The maximum absolute atomic E-state index is 11.2. The summed E-state index contributed by atoms with van der Waals surface area (Å²) in [5, 5.41) is 0. The highest BCUT2D eigenvalue weighted by molar-refractivity contribution is 5.65. The van der Waals surface area contributed by atoms with Crippen LogP contribution in [0.5, 0.6) is 0 Å². The number of hydrogen-bond acceptors (Lipinski definition) is 3. The minimum atomic E-state index is -0.175. The average molecular weight is 376 g/mol. The van der Waals surface area contributed by atoms with Crippen LogP contribution in [-0.4, -0.2) is 37.1 Å². The van der Waals surface area contributed by atoms with Gasteiger partial charge in [-0.05, 0) is 62.2 Å². The van der Waals surface area contributed by atoms with Gasteiger partial charge < -0.3 is 4.74 Å². The topological polar surface area (TPSA) is 29.5 Å². The molecular weight excluding hydrogens is 334 g/mol. The van der Waals surface area contributed by atoms with Gasteiger partial charge in [-0.3, -0.25) is 9.69 Å². The Balaban J connectivity index is 2.07. The van der Waals surface area contributed by atoms with Gasteiger partial charge in [-0.2, -0.15) is 0 Å². The van der Waals surface area contributed by atoms with Crippen LogP contribution in [0.3, 0.4) is 0 Å². The van der Waals surface area contributed by atoms with Crippen LogP contribution < -0.4 is 0 Å². The van der Waals surface area contributed by atoms with Crippen LogP contribution in [0.1, 0.15) is 61.3 Å². The maximum atomic E-state index is 11.2. The van der Waals surface area contributed by atoms with Gasteiger partial charge in [0.05, 0.1) is 0 Å². The Hall–Kier alpha value is -1.09. The van der Waals surface area contributed by atoms with Crippen molar-refractivity contribution in [2.45, 2.75) is 61.3 Å². The largest absolute Gasteiger partial charge is 0.465 e. The third-order valence-corrected chi connectivity index (χ3v) is 6.85. The standard InChI is InChI=1S/C24H41NO2/c1-16-10-18(3)23(19(4)11-16)14-25(8-9-27-22(7)26)15-24-20(5)12-17(2)13-21(24)6/h10,12,18-21,23-24H,8-9,11,13-15H2,1-7H3/t18-,19-,20+,21-,23+,24+/m1/s1. The first-order valence-corrected chi connectivity index (χ1v) is 10.9. The van der Waals surface area contributed by atoms with E-state index in [2.05, 4.69) is 58.6 Å². The molecule has 2 aliphatic rings. The lowest BCUT2D eigenvalue weighted by molar-refractivity contribution is -0.141. The van der Waals surface area contributed by atoms with Crippen molar-refractivity contribution < 1.29 is 9.53 Å². The van der Waals surface area contributed by atoms with E-state index in [0.717, 1.165) is 19.6 Å². The molecule has 0 aromatic heterocycles. The van der Waals surface area contributed by atoms with Crippen LogP contribution in [0.15, 0.2) is 23.3 Å². The third-order valence-electron chi connectivity index (χ3n) is 6.85. The maximum Gasteiger partial charge on any atom is 0.302 e. The molecule has 0 spiro atoms. The zero-order chi connectivity index (χ0) is 20.1. The van der Waals surface area contributed by atoms with E-state index in [1.54, 1.807) is 0 Å². The monoisotopic (exact) mass is 375 g/mol. The van der Waals surface area contributed by atoms with Crippen molar-refractivity contribution in [1.82, 2.24) is 4.90 Å². The number of carbonyl (C=O) groups is 1. The van der Waals surface area contributed by atoms with E-state index in [0.29, 0.717) is 42.1 Å². The summed E-state index contributed by atoms with van der Waals surface area (Å²) in [6.45, 7) is 19.1. The first-order chi connectivity index (χ1) is 12.7. The fourth-order valence-electron chi connectivity index (χ4n) is 5.50. The Morgan fingerprint density at radius 1 is 0.963 bits per heavy atom. The number of nitrogens with zero attached hydrogens (tertiary/aromatic N) is 1. The second-order valence-corrected chi connectivity index (χ2v) is 9.53. The predicted molar refractivity (Wildman–Crippen MR) is 113 cm³/mol. The van der Waals surface area contributed by atoms with Gasteiger partial charge in [0.15, 0.2) is 0 Å². The Kier molecular flexibility index (Phi) is 8.15. The summed E-state index contributed by atoms with van der Waals surface area (Å²) in [5.41, 5.74) is 3.07. The quantitative estimate of drug-likeness (QED) is 0.445. The molecule has 154 valence electrons. The summed E-state index contributed by atoms with van der Waals surface area (Å²) in [6, 6.07) is 0. The molecule has 0 amide bonds. The van der Waals surface area contributed by atoms with E-state index in [1.807, 2.05) is 0 Å². The summed E-state index contributed by atoms with van der Waals surface area (Å²) < 4.78 is 5.29. The van der Waals surface area contributed by atoms with E-state index in [4.69, 9.17) is 4.74 Å². The van der Waals surface area contributed by atoms with E-state index in [-0.39, 0.29) is 5.97 Å². The molecule has 0 unspecified atom stereocenters. The van der Waals surface area contributed by atoms with Crippen LogP contribution in [0.2, 0.25) is 0 Å². The summed E-state index contributed by atoms with van der Waals surface area (Å²) >= 11 is 0. The zero-order valence-electron chi connectivity index (χ0n) is 18.6. The molecule has 0 heterocycles. The minimum absolute atomic E-state index is 0.175. The summed E-state index contributed by atoms with van der Waals surface area (Å²) in [7, 11) is 0. The predicted octanol–water partition coefficient (Wildman–Crippen LogP) is 5.33. The number of ether oxygens (including phenoxy) is 1. The Labute approximate surface area is 167 Å². The van der Waals surface area contributed by atoms with E-state index >= 15 is 0 Å². The van der Waals surface area contributed by atoms with Gasteiger partial charge in [0, 0.05) is 26.6 Å². The highest BCUT2D eigenvalue weighted by Crippen LogP contribution is 2.36. The molecule has 0 aromatic carbocycles. The van der Waals surface area contributed by atoms with E-state index < -0.39 is 0 Å². The number of esters is 1. The van der Waals surface area contributed by atoms with Crippen molar-refractivity contribution in [3.05, 3.63) is 23.3 Å². The molecule has 2 aliphatic carbocycles. The molecule has 0 N–H and O–H groups in total. The second-order valence-electron chi connectivity index (χ2n) is 9.53. The summed E-state index contributed by atoms with van der Waals surface area (Å²) in [4.78, 5) is 13.8. The lowest BCUT2D eigenvalue weighted by Gasteiger charge is -2.41. The molecule has 0 saturated heterocycles. The zero-order valence-corrected chi connectivity index (χ0v) is 18.6. The SMILES string of the molecule is CC(=O)OCCN(C[C@@H]1[C@H](C)CC(C)=C[C@@H]1C)C[C@H]1[C@H](C)C=C(C)C[C@H]1C. The third kappa shape index (κ3) is 6.48. The highest BCUT2D eigenvalue weighted by Gasteiger charge is 2.32. The van der Waals surface area contributed by atoms with Crippen LogP contribution in [-0.2, 0) is 9.53 Å². The molecule has 3 heteroatoms.